The fraction of sp³-hybridized carbons (Fsp3) is 0.185. The number of anilines is 1. The first-order valence-corrected chi connectivity index (χ1v) is 12.5. The highest BCUT2D eigenvalue weighted by Crippen LogP contribution is 2.41. The standard InChI is InChI=1S/C27H21ClF4N6O4.ClH/c1-37-24-18(14-7-19(29)25(21(8-14)41-2)42-12-22-33-13-34-36-22)9-15(27(30,31)32)10-20(24)38(26(37)40)11-23(39)35-17-5-3-16(28)4-6-17;/h3-10,13H,11-12H2,1-2H3,(H,35,39)(H,33,34,36);1H. The van der Waals surface area contributed by atoms with Gasteiger partial charge in [-0.3, -0.25) is 19.0 Å². The largest absolute Gasteiger partial charge is 0.493 e. The third kappa shape index (κ3) is 6.44. The fourth-order valence-electron chi connectivity index (χ4n) is 4.43. The van der Waals surface area contributed by atoms with Gasteiger partial charge in [-0.1, -0.05) is 11.6 Å². The van der Waals surface area contributed by atoms with Crippen LogP contribution in [0.1, 0.15) is 11.4 Å². The number of nitrogens with one attached hydrogen (secondary N) is 2. The number of ether oxygens (including phenoxy) is 2. The highest BCUT2D eigenvalue weighted by Gasteiger charge is 2.33. The molecule has 3 aromatic carbocycles. The number of carbonyl (C=O) groups is 1. The Morgan fingerprint density at radius 3 is 2.49 bits per heavy atom. The van der Waals surface area contributed by atoms with E-state index >= 15 is 4.39 Å². The second-order valence-corrected chi connectivity index (χ2v) is 9.52. The van der Waals surface area contributed by atoms with Gasteiger partial charge in [0.05, 0.1) is 23.7 Å². The van der Waals surface area contributed by atoms with Crippen LogP contribution >= 0.6 is 24.0 Å². The first-order valence-electron chi connectivity index (χ1n) is 12.2. The van der Waals surface area contributed by atoms with Gasteiger partial charge in [-0.15, -0.1) is 12.4 Å². The lowest BCUT2D eigenvalue weighted by molar-refractivity contribution is -0.137. The molecule has 0 saturated heterocycles. The minimum absolute atomic E-state index is 0. The lowest BCUT2D eigenvalue weighted by Crippen LogP contribution is -2.28. The van der Waals surface area contributed by atoms with E-state index in [0.717, 1.165) is 27.3 Å². The Morgan fingerprint density at radius 2 is 1.86 bits per heavy atom. The van der Waals surface area contributed by atoms with Crippen molar-refractivity contribution in [1.82, 2.24) is 24.3 Å². The van der Waals surface area contributed by atoms with Gasteiger partial charge in [-0.2, -0.15) is 18.3 Å². The van der Waals surface area contributed by atoms with E-state index in [0.29, 0.717) is 16.5 Å². The van der Waals surface area contributed by atoms with Crippen molar-refractivity contribution in [1.29, 1.82) is 0 Å². The molecule has 0 fully saturated rings. The van der Waals surface area contributed by atoms with Gasteiger partial charge in [0, 0.05) is 23.3 Å². The molecule has 43 heavy (non-hydrogen) atoms. The summed E-state index contributed by atoms with van der Waals surface area (Å²) < 4.78 is 70.2. The minimum atomic E-state index is -4.83. The van der Waals surface area contributed by atoms with Crippen molar-refractivity contribution in [2.45, 2.75) is 19.3 Å². The summed E-state index contributed by atoms with van der Waals surface area (Å²) in [6.45, 7) is -0.776. The number of imidazole rings is 1. The Labute approximate surface area is 251 Å². The van der Waals surface area contributed by atoms with Crippen molar-refractivity contribution in [2.75, 3.05) is 12.4 Å². The van der Waals surface area contributed by atoms with Crippen LogP contribution in [0.3, 0.4) is 0 Å². The average Bonchev–Trinajstić information content (AvgIpc) is 3.55. The van der Waals surface area contributed by atoms with E-state index in [-0.39, 0.29) is 52.7 Å². The molecule has 5 rings (SSSR count). The molecular formula is C27H22Cl2F4N6O4. The van der Waals surface area contributed by atoms with Gasteiger partial charge in [0.1, 0.15) is 19.5 Å². The number of hydrogen-bond acceptors (Lipinski definition) is 6. The van der Waals surface area contributed by atoms with Gasteiger partial charge in [0.25, 0.3) is 0 Å². The monoisotopic (exact) mass is 640 g/mol. The van der Waals surface area contributed by atoms with Crippen molar-refractivity contribution in [3.8, 4) is 22.6 Å². The molecule has 0 bridgehead atoms. The quantitative estimate of drug-likeness (QED) is 0.214. The zero-order valence-corrected chi connectivity index (χ0v) is 23.9. The number of aryl methyl sites for hydroxylation is 1. The van der Waals surface area contributed by atoms with Crippen LogP contribution in [-0.4, -0.2) is 37.3 Å². The zero-order valence-electron chi connectivity index (χ0n) is 22.3. The molecule has 0 aliphatic carbocycles. The summed E-state index contributed by atoms with van der Waals surface area (Å²) in [6.07, 6.45) is -3.58. The molecule has 10 nitrogen and oxygen atoms in total. The summed E-state index contributed by atoms with van der Waals surface area (Å²) in [5, 5.41) is 9.26. The number of rotatable bonds is 8. The maximum atomic E-state index is 15.3. The van der Waals surface area contributed by atoms with Crippen LogP contribution in [-0.2, 0) is 31.2 Å². The van der Waals surface area contributed by atoms with Crippen LogP contribution in [0.15, 0.2) is 59.7 Å². The van der Waals surface area contributed by atoms with Gasteiger partial charge in [-0.05, 0) is 54.1 Å². The molecule has 1 amide bonds. The third-order valence-corrected chi connectivity index (χ3v) is 6.60. The Kier molecular flexibility index (Phi) is 9.01. The number of benzene rings is 3. The summed E-state index contributed by atoms with van der Waals surface area (Å²) in [4.78, 5) is 29.9. The molecule has 0 spiro atoms. The normalized spacial score (nSPS) is 11.3. The average molecular weight is 641 g/mol. The van der Waals surface area contributed by atoms with Gasteiger partial charge in [-0.25, -0.2) is 14.2 Å². The second kappa shape index (κ2) is 12.4. The number of hydrogen-bond donors (Lipinski definition) is 2. The number of amides is 1. The Bertz CT molecular complexity index is 1840. The van der Waals surface area contributed by atoms with Crippen LogP contribution in [0.2, 0.25) is 5.02 Å². The number of methoxy groups -OCH3 is 1. The number of alkyl halides is 3. The first-order chi connectivity index (χ1) is 20.0. The van der Waals surface area contributed by atoms with Crippen molar-refractivity contribution in [2.24, 2.45) is 7.05 Å². The van der Waals surface area contributed by atoms with Crippen LogP contribution in [0.4, 0.5) is 23.2 Å². The molecule has 2 aromatic heterocycles. The number of halogens is 6. The molecule has 226 valence electrons. The zero-order chi connectivity index (χ0) is 30.2. The molecule has 0 radical (unpaired) electrons. The number of carbonyl (C=O) groups excluding carboxylic acids is 1. The smallest absolute Gasteiger partial charge is 0.416 e. The Balaban J connectivity index is 0.00000423. The Morgan fingerprint density at radius 1 is 1.14 bits per heavy atom. The van der Waals surface area contributed by atoms with Crippen LogP contribution in [0.25, 0.3) is 22.2 Å². The van der Waals surface area contributed by atoms with Gasteiger partial charge >= 0.3 is 11.9 Å². The summed E-state index contributed by atoms with van der Waals surface area (Å²) in [5.41, 5.74) is -1.75. The maximum Gasteiger partial charge on any atom is 0.416 e. The Hall–Kier alpha value is -4.56. The van der Waals surface area contributed by atoms with E-state index in [1.807, 2.05) is 0 Å². The third-order valence-electron chi connectivity index (χ3n) is 6.35. The minimum Gasteiger partial charge on any atom is -0.493 e. The fourth-order valence-corrected chi connectivity index (χ4v) is 4.55. The SMILES string of the molecule is COc1cc(-c2cc(C(F)(F)F)cc3c2n(C)c(=O)n3CC(=O)Nc2ccc(Cl)cc2)cc(F)c1OCc1ncn[nH]1.Cl. The molecule has 5 aromatic rings. The van der Waals surface area contributed by atoms with Crippen molar-refractivity contribution >= 4 is 46.6 Å². The van der Waals surface area contributed by atoms with Gasteiger partial charge in [0.2, 0.25) is 5.91 Å². The topological polar surface area (TPSA) is 116 Å². The highest BCUT2D eigenvalue weighted by atomic mass is 35.5. The van der Waals surface area contributed by atoms with Crippen molar-refractivity contribution < 1.29 is 31.8 Å². The molecule has 2 N–H and O–H groups in total. The van der Waals surface area contributed by atoms with E-state index in [1.165, 1.54) is 38.7 Å². The summed E-state index contributed by atoms with van der Waals surface area (Å²) in [6, 6.07) is 10.0. The molecule has 0 aliphatic rings. The van der Waals surface area contributed by atoms with E-state index in [4.69, 9.17) is 21.1 Å². The molecule has 2 heterocycles. The summed E-state index contributed by atoms with van der Waals surface area (Å²) >= 11 is 5.86. The first kappa shape index (κ1) is 31.4. The second-order valence-electron chi connectivity index (χ2n) is 9.08. The number of aromatic nitrogens is 5. The van der Waals surface area contributed by atoms with Gasteiger partial charge in [0.15, 0.2) is 23.1 Å². The lowest BCUT2D eigenvalue weighted by Gasteiger charge is -2.15. The van der Waals surface area contributed by atoms with E-state index < -0.39 is 35.7 Å². The van der Waals surface area contributed by atoms with Crippen molar-refractivity contribution in [3.05, 3.63) is 87.6 Å². The molecule has 0 saturated carbocycles. The summed E-state index contributed by atoms with van der Waals surface area (Å²) in [5.74, 6) is -1.70. The molecule has 16 heteroatoms. The van der Waals surface area contributed by atoms with E-state index in [9.17, 15) is 22.8 Å². The molecule has 0 atom stereocenters. The predicted molar refractivity (Wildman–Crippen MR) is 152 cm³/mol. The maximum absolute atomic E-state index is 15.3. The van der Waals surface area contributed by atoms with E-state index in [1.54, 1.807) is 12.1 Å². The van der Waals surface area contributed by atoms with E-state index in [2.05, 4.69) is 20.5 Å². The van der Waals surface area contributed by atoms with Crippen LogP contribution in [0, 0.1) is 5.82 Å². The van der Waals surface area contributed by atoms with Crippen LogP contribution in [0.5, 0.6) is 11.5 Å². The van der Waals surface area contributed by atoms with Crippen LogP contribution < -0.4 is 20.5 Å². The van der Waals surface area contributed by atoms with Crippen molar-refractivity contribution in [3.63, 3.8) is 0 Å². The molecular weight excluding hydrogens is 619 g/mol. The predicted octanol–water partition coefficient (Wildman–Crippen LogP) is 5.58. The highest BCUT2D eigenvalue weighted by molar-refractivity contribution is 6.30. The molecule has 0 aliphatic heterocycles. The number of H-pyrrole nitrogens is 1. The molecule has 0 unspecified atom stereocenters. The van der Waals surface area contributed by atoms with Gasteiger partial charge < -0.3 is 14.8 Å². The lowest BCUT2D eigenvalue weighted by atomic mass is 9.99. The summed E-state index contributed by atoms with van der Waals surface area (Å²) in [7, 11) is 2.59. The number of aromatic amines is 1. The number of fused-ring (bicyclic) bond motifs is 1. The number of nitrogens with zero attached hydrogens (tertiary/aromatic N) is 4.